The Kier molecular flexibility index (Phi) is 4.95. The molecule has 2 aromatic rings. The first kappa shape index (κ1) is 19.1. The summed E-state index contributed by atoms with van der Waals surface area (Å²) < 4.78 is 0. The second kappa shape index (κ2) is 7.28. The van der Waals surface area contributed by atoms with E-state index in [9.17, 15) is 4.79 Å². The highest BCUT2D eigenvalue weighted by molar-refractivity contribution is 6.00. The van der Waals surface area contributed by atoms with Crippen LogP contribution in [-0.2, 0) is 0 Å². The van der Waals surface area contributed by atoms with Crippen molar-refractivity contribution in [3.8, 4) is 11.4 Å². The van der Waals surface area contributed by atoms with Crippen molar-refractivity contribution in [2.24, 2.45) is 10.8 Å². The van der Waals surface area contributed by atoms with E-state index < -0.39 is 0 Å². The highest BCUT2D eigenvalue weighted by Gasteiger charge is 2.43. The van der Waals surface area contributed by atoms with Crippen LogP contribution < -0.4 is 0 Å². The van der Waals surface area contributed by atoms with Crippen LogP contribution in [-0.4, -0.2) is 69.1 Å². The van der Waals surface area contributed by atoms with Crippen molar-refractivity contribution in [3.63, 3.8) is 0 Å². The summed E-state index contributed by atoms with van der Waals surface area (Å²) >= 11 is 0. The molecule has 4 rings (SSSR count). The summed E-state index contributed by atoms with van der Waals surface area (Å²) in [7, 11) is 0. The van der Waals surface area contributed by atoms with E-state index in [1.54, 1.807) is 0 Å². The van der Waals surface area contributed by atoms with E-state index in [4.69, 9.17) is 0 Å². The van der Waals surface area contributed by atoms with E-state index >= 15 is 0 Å². The monoisotopic (exact) mass is 382 g/mol. The molecule has 1 N–H and O–H groups in total. The topological polar surface area (TPSA) is 78.0 Å². The van der Waals surface area contributed by atoms with Crippen molar-refractivity contribution in [3.05, 3.63) is 29.8 Å². The molecule has 2 fully saturated rings. The van der Waals surface area contributed by atoms with Crippen molar-refractivity contribution in [1.29, 1.82) is 0 Å². The summed E-state index contributed by atoms with van der Waals surface area (Å²) in [5.74, 6) is 0.539. The van der Waals surface area contributed by atoms with E-state index in [0.29, 0.717) is 16.8 Å². The molecule has 2 saturated heterocycles. The Morgan fingerprint density at radius 2 is 2.00 bits per heavy atom. The number of nitrogens with one attached hydrogen (secondary N) is 1. The lowest BCUT2D eigenvalue weighted by Gasteiger charge is -2.42. The predicted octanol–water partition coefficient (Wildman–Crippen LogP) is 2.84. The lowest BCUT2D eigenvalue weighted by atomic mass is 9.78. The van der Waals surface area contributed by atoms with E-state index in [1.807, 2.05) is 29.2 Å². The van der Waals surface area contributed by atoms with E-state index in [1.165, 1.54) is 19.4 Å². The number of tetrazole rings is 1. The molecule has 3 heterocycles. The molecule has 7 nitrogen and oxygen atoms in total. The molecule has 0 radical (unpaired) electrons. The minimum Gasteiger partial charge on any atom is -0.338 e. The largest absolute Gasteiger partial charge is 0.338 e. The Hall–Kier alpha value is -2.28. The number of aromatic amines is 1. The second-order valence-electron chi connectivity index (χ2n) is 9.63. The third kappa shape index (κ3) is 3.94. The second-order valence-corrected chi connectivity index (χ2v) is 9.63. The van der Waals surface area contributed by atoms with Gasteiger partial charge in [0.1, 0.15) is 0 Å². The summed E-state index contributed by atoms with van der Waals surface area (Å²) in [5, 5.41) is 14.2. The minimum absolute atomic E-state index is 0.0743. The number of rotatable bonds is 3. The molecule has 1 atom stereocenters. The maximum absolute atomic E-state index is 13.3. The zero-order valence-corrected chi connectivity index (χ0v) is 17.1. The molecule has 28 heavy (non-hydrogen) atoms. The van der Waals surface area contributed by atoms with Crippen LogP contribution in [0.15, 0.2) is 24.3 Å². The zero-order chi connectivity index (χ0) is 19.8. The van der Waals surface area contributed by atoms with Gasteiger partial charge in [0.2, 0.25) is 5.82 Å². The normalized spacial score (nSPS) is 23.5. The third-order valence-corrected chi connectivity index (χ3v) is 5.91. The van der Waals surface area contributed by atoms with Crippen molar-refractivity contribution in [2.75, 3.05) is 32.7 Å². The first-order chi connectivity index (χ1) is 13.4. The molecule has 0 saturated carbocycles. The fourth-order valence-electron chi connectivity index (χ4n) is 4.87. The van der Waals surface area contributed by atoms with Crippen LogP contribution in [0.4, 0.5) is 0 Å². The van der Waals surface area contributed by atoms with Crippen LogP contribution in [0.5, 0.6) is 0 Å². The first-order valence-corrected chi connectivity index (χ1v) is 10.2. The molecule has 1 amide bonds. The Labute approximate surface area is 166 Å². The maximum atomic E-state index is 13.3. The van der Waals surface area contributed by atoms with Crippen molar-refractivity contribution >= 4 is 5.91 Å². The Morgan fingerprint density at radius 1 is 1.18 bits per heavy atom. The summed E-state index contributed by atoms with van der Waals surface area (Å²) in [5.41, 5.74) is 1.93. The molecule has 1 aromatic carbocycles. The van der Waals surface area contributed by atoms with Gasteiger partial charge < -0.3 is 9.80 Å². The van der Waals surface area contributed by atoms with E-state index in [0.717, 1.165) is 38.2 Å². The Morgan fingerprint density at radius 3 is 2.75 bits per heavy atom. The van der Waals surface area contributed by atoms with Gasteiger partial charge in [-0.1, -0.05) is 39.0 Å². The molecule has 7 heteroatoms. The lowest BCUT2D eigenvalue weighted by Crippen LogP contribution is -2.47. The number of nitrogens with zero attached hydrogens (tertiary/aromatic N) is 5. The van der Waals surface area contributed by atoms with Gasteiger partial charge in [-0.05, 0) is 42.5 Å². The average molecular weight is 383 g/mol. The van der Waals surface area contributed by atoms with Gasteiger partial charge in [0.25, 0.3) is 5.91 Å². The number of carbonyl (C=O) groups excluding carboxylic acids is 1. The molecule has 2 aliphatic rings. The van der Waals surface area contributed by atoms with E-state index in [2.05, 4.69) is 46.3 Å². The summed E-state index contributed by atoms with van der Waals surface area (Å²) in [6.45, 7) is 11.9. The molecule has 1 spiro atoms. The minimum atomic E-state index is 0.0743. The summed E-state index contributed by atoms with van der Waals surface area (Å²) in [4.78, 5) is 18.0. The van der Waals surface area contributed by atoms with Crippen LogP contribution in [0.3, 0.4) is 0 Å². The fourth-order valence-corrected chi connectivity index (χ4v) is 4.87. The smallest absolute Gasteiger partial charge is 0.254 e. The lowest BCUT2D eigenvalue weighted by molar-refractivity contribution is 0.0595. The van der Waals surface area contributed by atoms with E-state index in [-0.39, 0.29) is 11.3 Å². The van der Waals surface area contributed by atoms with Crippen molar-refractivity contribution < 1.29 is 4.79 Å². The Bertz CT molecular complexity index is 828. The number of likely N-dealkylation sites (tertiary alicyclic amines) is 2. The number of hydrogen-bond donors (Lipinski definition) is 1. The van der Waals surface area contributed by atoms with Gasteiger partial charge in [0.05, 0.1) is 5.56 Å². The first-order valence-electron chi connectivity index (χ1n) is 10.2. The van der Waals surface area contributed by atoms with Crippen LogP contribution >= 0.6 is 0 Å². The predicted molar refractivity (Wildman–Crippen MR) is 108 cm³/mol. The quantitative estimate of drug-likeness (QED) is 0.883. The molecule has 0 bridgehead atoms. The van der Waals surface area contributed by atoms with Gasteiger partial charge >= 0.3 is 0 Å². The molecule has 1 aromatic heterocycles. The number of amides is 1. The molecule has 0 aliphatic carbocycles. The average Bonchev–Trinajstić information content (AvgIpc) is 3.30. The molecule has 0 unspecified atom stereocenters. The van der Waals surface area contributed by atoms with Gasteiger partial charge in [-0.3, -0.25) is 4.79 Å². The van der Waals surface area contributed by atoms with Gasteiger partial charge in [-0.15, -0.1) is 10.2 Å². The van der Waals surface area contributed by atoms with Gasteiger partial charge in [-0.2, -0.15) is 5.21 Å². The van der Waals surface area contributed by atoms with Crippen LogP contribution in [0.2, 0.25) is 0 Å². The number of H-pyrrole nitrogens is 1. The number of aromatic nitrogens is 4. The summed E-state index contributed by atoms with van der Waals surface area (Å²) in [6, 6.07) is 7.55. The van der Waals surface area contributed by atoms with Crippen LogP contribution in [0.25, 0.3) is 11.4 Å². The van der Waals surface area contributed by atoms with Gasteiger partial charge in [0, 0.05) is 37.2 Å². The maximum Gasteiger partial charge on any atom is 0.254 e. The van der Waals surface area contributed by atoms with Crippen molar-refractivity contribution in [1.82, 2.24) is 30.4 Å². The standard InChI is InChI=1S/C21H30N6O/c1-20(2,3)13-26-11-6-9-21(14-26)10-12-27(15-21)19(28)17-8-5-4-7-16(17)18-22-24-25-23-18/h4-5,7-8H,6,9-15H2,1-3H3,(H,22,23,24,25)/t21-/m0/s1. The SMILES string of the molecule is CC(C)(C)CN1CCC[C@]2(CCN(C(=O)c3ccccc3-c3nn[nH]n3)C2)C1. The molecular formula is C21H30N6O. The fraction of sp³-hybridized carbons (Fsp3) is 0.619. The number of carbonyl (C=O) groups is 1. The van der Waals surface area contributed by atoms with Gasteiger partial charge in [-0.25, -0.2) is 0 Å². The summed E-state index contributed by atoms with van der Waals surface area (Å²) in [6.07, 6.45) is 3.52. The van der Waals surface area contributed by atoms with Crippen LogP contribution in [0, 0.1) is 10.8 Å². The number of hydrogen-bond acceptors (Lipinski definition) is 5. The van der Waals surface area contributed by atoms with Crippen molar-refractivity contribution in [2.45, 2.75) is 40.0 Å². The Balaban J connectivity index is 1.50. The van der Waals surface area contributed by atoms with Crippen LogP contribution in [0.1, 0.15) is 50.4 Å². The third-order valence-electron chi connectivity index (χ3n) is 5.91. The highest BCUT2D eigenvalue weighted by atomic mass is 16.2. The number of benzene rings is 1. The van der Waals surface area contributed by atoms with Gasteiger partial charge in [0.15, 0.2) is 0 Å². The zero-order valence-electron chi connectivity index (χ0n) is 17.1. The number of piperidine rings is 1. The molecule has 150 valence electrons. The molecule has 2 aliphatic heterocycles. The molecular weight excluding hydrogens is 352 g/mol. The highest BCUT2D eigenvalue weighted by Crippen LogP contribution is 2.40.